The fraction of sp³-hybridized carbons (Fsp3) is 0.0833. The summed E-state index contributed by atoms with van der Waals surface area (Å²) in [4.78, 5) is 1.66. The molecule has 0 atom stereocenters. The minimum atomic E-state index is 0.590. The first-order chi connectivity index (χ1) is 7.63. The number of halogens is 1. The second-order valence-electron chi connectivity index (χ2n) is 3.42. The summed E-state index contributed by atoms with van der Waals surface area (Å²) in [7, 11) is 0. The Kier molecular flexibility index (Phi) is 2.99. The van der Waals surface area contributed by atoms with Crippen LogP contribution in [0, 0.1) is 18.3 Å². The van der Waals surface area contributed by atoms with Crippen molar-refractivity contribution in [1.82, 2.24) is 0 Å². The van der Waals surface area contributed by atoms with Gasteiger partial charge in [-0.3, -0.25) is 0 Å². The first kappa shape index (κ1) is 11.2. The van der Waals surface area contributed by atoms with Gasteiger partial charge in [-0.2, -0.15) is 5.26 Å². The van der Waals surface area contributed by atoms with Gasteiger partial charge in [-0.1, -0.05) is 28.1 Å². The van der Waals surface area contributed by atoms with Crippen LogP contribution in [-0.2, 0) is 0 Å². The van der Waals surface area contributed by atoms with Gasteiger partial charge in [0, 0.05) is 9.35 Å². The number of anilines is 1. The van der Waals surface area contributed by atoms with Gasteiger partial charge in [-0.15, -0.1) is 11.3 Å². The molecule has 0 radical (unpaired) electrons. The molecule has 2 aromatic rings. The minimum Gasteiger partial charge on any atom is -0.397 e. The van der Waals surface area contributed by atoms with E-state index < -0.39 is 0 Å². The van der Waals surface area contributed by atoms with Crippen LogP contribution in [0.5, 0.6) is 0 Å². The smallest absolute Gasteiger partial charge is 0.128 e. The number of nitriles is 1. The summed E-state index contributed by atoms with van der Waals surface area (Å²) in [5.74, 6) is 0. The third-order valence-electron chi connectivity index (χ3n) is 2.38. The van der Waals surface area contributed by atoms with E-state index in [1.54, 1.807) is 0 Å². The van der Waals surface area contributed by atoms with Gasteiger partial charge in [-0.05, 0) is 30.2 Å². The highest BCUT2D eigenvalue weighted by atomic mass is 79.9. The number of hydrogen-bond donors (Lipinski definition) is 1. The third kappa shape index (κ3) is 1.84. The van der Waals surface area contributed by atoms with E-state index in [2.05, 4.69) is 22.0 Å². The molecule has 0 saturated heterocycles. The highest BCUT2D eigenvalue weighted by Gasteiger charge is 2.13. The van der Waals surface area contributed by atoms with Crippen LogP contribution in [0.3, 0.4) is 0 Å². The average Bonchev–Trinajstić information content (AvgIpc) is 2.56. The van der Waals surface area contributed by atoms with Crippen LogP contribution < -0.4 is 5.73 Å². The Hall–Kier alpha value is -1.31. The predicted molar refractivity (Wildman–Crippen MR) is 71.3 cm³/mol. The first-order valence-electron chi connectivity index (χ1n) is 4.68. The summed E-state index contributed by atoms with van der Waals surface area (Å²) in [5.41, 5.74) is 8.54. The number of thiophene rings is 1. The summed E-state index contributed by atoms with van der Waals surface area (Å²) < 4.78 is 1.02. The number of hydrogen-bond acceptors (Lipinski definition) is 3. The molecule has 0 aliphatic rings. The van der Waals surface area contributed by atoms with Crippen molar-refractivity contribution in [2.75, 3.05) is 5.73 Å². The van der Waals surface area contributed by atoms with Gasteiger partial charge in [-0.25, -0.2) is 0 Å². The molecule has 2 rings (SSSR count). The summed E-state index contributed by atoms with van der Waals surface area (Å²) >= 11 is 4.88. The van der Waals surface area contributed by atoms with Gasteiger partial charge >= 0.3 is 0 Å². The maximum absolute atomic E-state index is 8.93. The summed E-state index contributed by atoms with van der Waals surface area (Å²) in [6.07, 6.45) is 0. The maximum atomic E-state index is 8.93. The van der Waals surface area contributed by atoms with Gasteiger partial charge in [0.2, 0.25) is 0 Å². The van der Waals surface area contributed by atoms with Crippen molar-refractivity contribution in [1.29, 1.82) is 5.26 Å². The minimum absolute atomic E-state index is 0.590. The van der Waals surface area contributed by atoms with E-state index >= 15 is 0 Å². The average molecular weight is 293 g/mol. The maximum Gasteiger partial charge on any atom is 0.128 e. The monoisotopic (exact) mass is 292 g/mol. The number of nitrogens with zero attached hydrogens (tertiary/aromatic N) is 1. The van der Waals surface area contributed by atoms with Crippen LogP contribution >= 0.6 is 27.3 Å². The van der Waals surface area contributed by atoms with Crippen molar-refractivity contribution < 1.29 is 0 Å². The molecule has 2 N–H and O–H groups in total. The van der Waals surface area contributed by atoms with Gasteiger partial charge < -0.3 is 5.73 Å². The Balaban J connectivity index is 2.62. The molecule has 80 valence electrons. The van der Waals surface area contributed by atoms with Crippen molar-refractivity contribution in [3.05, 3.63) is 39.2 Å². The van der Waals surface area contributed by atoms with Crippen molar-refractivity contribution >= 4 is 33.0 Å². The molecule has 0 bridgehead atoms. The molecule has 0 spiro atoms. The van der Waals surface area contributed by atoms with Crippen LogP contribution in [-0.4, -0.2) is 0 Å². The fourth-order valence-corrected chi connectivity index (χ4v) is 2.93. The largest absolute Gasteiger partial charge is 0.397 e. The van der Waals surface area contributed by atoms with Crippen molar-refractivity contribution in [2.24, 2.45) is 0 Å². The molecule has 0 aliphatic carbocycles. The van der Waals surface area contributed by atoms with E-state index in [-0.39, 0.29) is 0 Å². The fourth-order valence-electron chi connectivity index (χ4n) is 1.51. The third-order valence-corrected chi connectivity index (χ3v) is 4.14. The Bertz CT molecular complexity index is 581. The molecule has 0 unspecified atom stereocenters. The second-order valence-corrected chi connectivity index (χ2v) is 5.36. The standard InChI is InChI=1S/C12H9BrN2S/c1-7-11(15)10(6-14)16-12(7)8-3-2-4-9(13)5-8/h2-5H,15H2,1H3. The van der Waals surface area contributed by atoms with E-state index in [0.29, 0.717) is 10.6 Å². The zero-order chi connectivity index (χ0) is 11.7. The van der Waals surface area contributed by atoms with Gasteiger partial charge in [0.1, 0.15) is 10.9 Å². The van der Waals surface area contributed by atoms with Crippen LogP contribution in [0.1, 0.15) is 10.4 Å². The SMILES string of the molecule is Cc1c(-c2cccc(Br)c2)sc(C#N)c1N. The molecule has 1 aromatic carbocycles. The molecule has 16 heavy (non-hydrogen) atoms. The van der Waals surface area contributed by atoms with E-state index in [0.717, 1.165) is 20.5 Å². The van der Waals surface area contributed by atoms with Crippen LogP contribution in [0.4, 0.5) is 5.69 Å². The highest BCUT2D eigenvalue weighted by molar-refractivity contribution is 9.10. The summed E-state index contributed by atoms with van der Waals surface area (Å²) in [5, 5.41) is 8.93. The lowest BCUT2D eigenvalue weighted by Crippen LogP contribution is -1.87. The van der Waals surface area contributed by atoms with Crippen LogP contribution in [0.2, 0.25) is 0 Å². The quantitative estimate of drug-likeness (QED) is 0.865. The Morgan fingerprint density at radius 3 is 2.75 bits per heavy atom. The Labute approximate surface area is 106 Å². The van der Waals surface area contributed by atoms with Crippen molar-refractivity contribution in [3.63, 3.8) is 0 Å². The van der Waals surface area contributed by atoms with E-state index in [9.17, 15) is 0 Å². The van der Waals surface area contributed by atoms with Crippen molar-refractivity contribution in [3.8, 4) is 16.5 Å². The number of nitrogen functional groups attached to an aromatic ring is 1. The lowest BCUT2D eigenvalue weighted by atomic mass is 10.1. The van der Waals surface area contributed by atoms with Gasteiger partial charge in [0.15, 0.2) is 0 Å². The number of rotatable bonds is 1. The molecular weight excluding hydrogens is 284 g/mol. The molecule has 1 aromatic heterocycles. The lowest BCUT2D eigenvalue weighted by molar-refractivity contribution is 1.49. The topological polar surface area (TPSA) is 49.8 Å². The van der Waals surface area contributed by atoms with Gasteiger partial charge in [0.05, 0.1) is 5.69 Å². The number of nitrogens with two attached hydrogens (primary N) is 1. The van der Waals surface area contributed by atoms with E-state index in [1.807, 2.05) is 31.2 Å². The summed E-state index contributed by atoms with van der Waals surface area (Å²) in [6, 6.07) is 10.1. The predicted octanol–water partition coefficient (Wildman–Crippen LogP) is 3.94. The molecule has 1 heterocycles. The zero-order valence-electron chi connectivity index (χ0n) is 8.62. The number of benzene rings is 1. The molecule has 2 nitrogen and oxygen atoms in total. The first-order valence-corrected chi connectivity index (χ1v) is 6.29. The van der Waals surface area contributed by atoms with Crippen LogP contribution in [0.15, 0.2) is 28.7 Å². The molecule has 0 fully saturated rings. The Morgan fingerprint density at radius 2 is 2.19 bits per heavy atom. The molecule has 0 aliphatic heterocycles. The highest BCUT2D eigenvalue weighted by Crippen LogP contribution is 2.38. The second kappa shape index (κ2) is 4.28. The zero-order valence-corrected chi connectivity index (χ0v) is 11.0. The van der Waals surface area contributed by atoms with Crippen LogP contribution in [0.25, 0.3) is 10.4 Å². The normalized spacial score (nSPS) is 10.1. The van der Waals surface area contributed by atoms with Gasteiger partial charge in [0.25, 0.3) is 0 Å². The molecule has 0 amide bonds. The van der Waals surface area contributed by atoms with Crippen molar-refractivity contribution in [2.45, 2.75) is 6.92 Å². The summed E-state index contributed by atoms with van der Waals surface area (Å²) in [6.45, 7) is 1.95. The Morgan fingerprint density at radius 1 is 1.44 bits per heavy atom. The van der Waals surface area contributed by atoms with E-state index in [4.69, 9.17) is 11.0 Å². The van der Waals surface area contributed by atoms with E-state index in [1.165, 1.54) is 11.3 Å². The molecular formula is C12H9BrN2S. The molecule has 0 saturated carbocycles. The lowest BCUT2D eigenvalue weighted by Gasteiger charge is -2.00. The molecule has 4 heteroatoms.